The quantitative estimate of drug-likeness (QED) is 0.785. The minimum absolute atomic E-state index is 0.0749. The predicted octanol–water partition coefficient (Wildman–Crippen LogP) is 4.01. The van der Waals surface area contributed by atoms with E-state index in [0.717, 1.165) is 29.5 Å². The molecule has 0 radical (unpaired) electrons. The van der Waals surface area contributed by atoms with E-state index in [1.807, 2.05) is 12.1 Å². The van der Waals surface area contributed by atoms with Gasteiger partial charge in [0.25, 0.3) is 5.91 Å². The lowest BCUT2D eigenvalue weighted by atomic mass is 9.83. The lowest BCUT2D eigenvalue weighted by Crippen LogP contribution is -2.56. The molecule has 1 aliphatic rings. The summed E-state index contributed by atoms with van der Waals surface area (Å²) in [6.45, 7) is 0. The van der Waals surface area contributed by atoms with E-state index in [1.54, 1.807) is 0 Å². The molecule has 20 heavy (non-hydrogen) atoms. The van der Waals surface area contributed by atoms with E-state index < -0.39 is 5.54 Å². The smallest absolute Gasteiger partial charge is 0.262 e. The van der Waals surface area contributed by atoms with Crippen molar-refractivity contribution < 1.29 is 4.79 Å². The van der Waals surface area contributed by atoms with Gasteiger partial charge in [-0.05, 0) is 40.9 Å². The molecule has 0 bridgehead atoms. The molecule has 0 saturated heterocycles. The molecule has 2 rings (SSSR count). The zero-order valence-corrected chi connectivity index (χ0v) is 14.5. The van der Waals surface area contributed by atoms with Crippen molar-refractivity contribution in [3.63, 3.8) is 0 Å². The molecule has 1 aliphatic carbocycles. The van der Waals surface area contributed by atoms with E-state index in [0.29, 0.717) is 9.87 Å². The summed E-state index contributed by atoms with van der Waals surface area (Å²) in [7, 11) is 0. The molecule has 110 valence electrons. The van der Waals surface area contributed by atoms with Gasteiger partial charge in [0, 0.05) is 0 Å². The fraction of sp³-hybridized carbons (Fsp3) is 0.571. The normalized spacial score (nSPS) is 18.9. The third-order valence-corrected chi connectivity index (χ3v) is 5.84. The Labute approximate surface area is 137 Å². The van der Waals surface area contributed by atoms with Gasteiger partial charge >= 0.3 is 0 Å². The molecule has 1 fully saturated rings. The maximum Gasteiger partial charge on any atom is 0.262 e. The molecule has 6 heteroatoms. The number of hydrogen-bond acceptors (Lipinski definition) is 3. The van der Waals surface area contributed by atoms with E-state index in [4.69, 9.17) is 18.0 Å². The van der Waals surface area contributed by atoms with E-state index in [2.05, 4.69) is 21.2 Å². The standard InChI is InChI=1S/C14H19BrN2OS2/c15-11-7-6-10(20-11)12(18)17-14(13(16)19)8-4-2-1-3-5-9-14/h6-7H,1-5,8-9H2,(H2,16,19)(H,17,18). The second kappa shape index (κ2) is 7.00. The van der Waals surface area contributed by atoms with Gasteiger partial charge in [-0.25, -0.2) is 0 Å². The van der Waals surface area contributed by atoms with Crippen molar-refractivity contribution >= 4 is 50.4 Å². The van der Waals surface area contributed by atoms with Gasteiger partial charge < -0.3 is 11.1 Å². The van der Waals surface area contributed by atoms with Crippen molar-refractivity contribution in [2.24, 2.45) is 5.73 Å². The van der Waals surface area contributed by atoms with Crippen molar-refractivity contribution in [3.8, 4) is 0 Å². The number of rotatable bonds is 3. The molecule has 3 N–H and O–H groups in total. The Morgan fingerprint density at radius 2 is 1.85 bits per heavy atom. The van der Waals surface area contributed by atoms with Crippen LogP contribution >= 0.6 is 39.5 Å². The minimum Gasteiger partial charge on any atom is -0.391 e. The first-order valence-electron chi connectivity index (χ1n) is 6.91. The number of thiophene rings is 1. The van der Waals surface area contributed by atoms with Crippen LogP contribution in [-0.4, -0.2) is 16.4 Å². The van der Waals surface area contributed by atoms with Crippen LogP contribution in [0.2, 0.25) is 0 Å². The second-order valence-corrected chi connectivity index (χ2v) is 8.17. The summed E-state index contributed by atoms with van der Waals surface area (Å²) in [5.74, 6) is -0.0749. The summed E-state index contributed by atoms with van der Waals surface area (Å²) in [4.78, 5) is 13.5. The summed E-state index contributed by atoms with van der Waals surface area (Å²) >= 11 is 10.1. The van der Waals surface area contributed by atoms with E-state index in [1.165, 1.54) is 30.6 Å². The molecular formula is C14H19BrN2OS2. The first-order chi connectivity index (χ1) is 9.53. The van der Waals surface area contributed by atoms with Gasteiger partial charge in [-0.15, -0.1) is 11.3 Å². The van der Waals surface area contributed by atoms with Gasteiger partial charge in [0.1, 0.15) is 0 Å². The number of hydrogen-bond donors (Lipinski definition) is 2. The molecule has 1 aromatic heterocycles. The van der Waals surface area contributed by atoms with Gasteiger partial charge in [0.15, 0.2) is 0 Å². The Bertz CT molecular complexity index is 493. The number of nitrogens with one attached hydrogen (secondary N) is 1. The maximum atomic E-state index is 12.4. The van der Waals surface area contributed by atoms with Crippen LogP contribution in [0, 0.1) is 0 Å². The van der Waals surface area contributed by atoms with Gasteiger partial charge in [-0.1, -0.05) is 44.3 Å². The summed E-state index contributed by atoms with van der Waals surface area (Å²) in [6.07, 6.45) is 7.45. The van der Waals surface area contributed by atoms with Crippen LogP contribution in [0.1, 0.15) is 54.6 Å². The lowest BCUT2D eigenvalue weighted by Gasteiger charge is -2.35. The van der Waals surface area contributed by atoms with E-state index >= 15 is 0 Å². The van der Waals surface area contributed by atoms with Gasteiger partial charge in [-0.3, -0.25) is 4.79 Å². The molecule has 0 aromatic carbocycles. The Morgan fingerprint density at radius 1 is 1.25 bits per heavy atom. The Kier molecular flexibility index (Phi) is 5.57. The summed E-state index contributed by atoms with van der Waals surface area (Å²) < 4.78 is 0.949. The zero-order chi connectivity index (χ0) is 14.6. The highest BCUT2D eigenvalue weighted by molar-refractivity contribution is 9.11. The number of carbonyl (C=O) groups is 1. The molecule has 1 amide bonds. The largest absolute Gasteiger partial charge is 0.391 e. The molecule has 1 aromatic rings. The third kappa shape index (κ3) is 3.80. The van der Waals surface area contributed by atoms with Crippen LogP contribution in [0.15, 0.2) is 15.9 Å². The SMILES string of the molecule is NC(=S)C1(NC(=O)c2ccc(Br)s2)CCCCCCC1. The molecular weight excluding hydrogens is 356 g/mol. The minimum atomic E-state index is -0.511. The van der Waals surface area contributed by atoms with Crippen molar-refractivity contribution in [2.45, 2.75) is 50.5 Å². The fourth-order valence-electron chi connectivity index (χ4n) is 2.66. The highest BCUT2D eigenvalue weighted by Gasteiger charge is 2.35. The highest BCUT2D eigenvalue weighted by Crippen LogP contribution is 2.28. The predicted molar refractivity (Wildman–Crippen MR) is 91.3 cm³/mol. The fourth-order valence-corrected chi connectivity index (χ4v) is 4.19. The molecule has 0 unspecified atom stereocenters. The van der Waals surface area contributed by atoms with Gasteiger partial charge in [0.05, 0.1) is 19.2 Å². The molecule has 1 heterocycles. The topological polar surface area (TPSA) is 55.1 Å². The van der Waals surface area contributed by atoms with Crippen LogP contribution in [0.4, 0.5) is 0 Å². The van der Waals surface area contributed by atoms with Crippen LogP contribution in [0.25, 0.3) is 0 Å². The summed E-state index contributed by atoms with van der Waals surface area (Å²) in [6, 6.07) is 3.70. The molecule has 0 aliphatic heterocycles. The number of carbonyl (C=O) groups excluding carboxylic acids is 1. The summed E-state index contributed by atoms with van der Waals surface area (Å²) in [5.41, 5.74) is 5.45. The number of halogens is 1. The van der Waals surface area contributed by atoms with Crippen molar-refractivity contribution in [2.75, 3.05) is 0 Å². The van der Waals surface area contributed by atoms with Crippen LogP contribution in [0.3, 0.4) is 0 Å². The van der Waals surface area contributed by atoms with Crippen molar-refractivity contribution in [3.05, 3.63) is 20.8 Å². The molecule has 3 nitrogen and oxygen atoms in total. The Hall–Kier alpha value is -0.460. The van der Waals surface area contributed by atoms with Crippen molar-refractivity contribution in [1.82, 2.24) is 5.32 Å². The Balaban J connectivity index is 2.15. The summed E-state index contributed by atoms with van der Waals surface area (Å²) in [5, 5.41) is 3.11. The van der Waals surface area contributed by atoms with Gasteiger partial charge in [0.2, 0.25) is 0 Å². The molecule has 1 saturated carbocycles. The number of amides is 1. The Morgan fingerprint density at radius 3 is 2.35 bits per heavy atom. The van der Waals surface area contributed by atoms with Crippen LogP contribution in [0.5, 0.6) is 0 Å². The first-order valence-corrected chi connectivity index (χ1v) is 8.93. The maximum absolute atomic E-state index is 12.4. The second-order valence-electron chi connectivity index (χ2n) is 5.27. The average molecular weight is 375 g/mol. The molecule has 0 atom stereocenters. The lowest BCUT2D eigenvalue weighted by molar-refractivity contribution is 0.0917. The molecule has 0 spiro atoms. The monoisotopic (exact) mass is 374 g/mol. The van der Waals surface area contributed by atoms with E-state index in [-0.39, 0.29) is 5.91 Å². The third-order valence-electron chi connectivity index (χ3n) is 3.83. The zero-order valence-electron chi connectivity index (χ0n) is 11.3. The first kappa shape index (κ1) is 15.9. The van der Waals surface area contributed by atoms with E-state index in [9.17, 15) is 4.79 Å². The number of thiocarbonyl (C=S) groups is 1. The van der Waals surface area contributed by atoms with Crippen LogP contribution < -0.4 is 11.1 Å². The number of nitrogens with two attached hydrogens (primary N) is 1. The van der Waals surface area contributed by atoms with Crippen LogP contribution in [-0.2, 0) is 0 Å². The van der Waals surface area contributed by atoms with Gasteiger partial charge in [-0.2, -0.15) is 0 Å². The average Bonchev–Trinajstić information content (AvgIpc) is 2.79. The highest BCUT2D eigenvalue weighted by atomic mass is 79.9. The van der Waals surface area contributed by atoms with Crippen molar-refractivity contribution in [1.29, 1.82) is 0 Å².